The van der Waals surface area contributed by atoms with Crippen LogP contribution in [0.5, 0.6) is 0 Å². The molecule has 4 heteroatoms. The topological polar surface area (TPSA) is 35.8 Å². The van der Waals surface area contributed by atoms with Crippen molar-refractivity contribution in [3.05, 3.63) is 70.5 Å². The van der Waals surface area contributed by atoms with Crippen molar-refractivity contribution in [2.45, 2.75) is 0 Å². The zero-order chi connectivity index (χ0) is 14.8. The zero-order valence-electron chi connectivity index (χ0n) is 10.9. The summed E-state index contributed by atoms with van der Waals surface area (Å²) in [6, 6.07) is 17.9. The van der Waals surface area contributed by atoms with E-state index in [1.807, 2.05) is 30.3 Å². The normalized spacial score (nSPS) is 10.3. The van der Waals surface area contributed by atoms with E-state index in [1.165, 1.54) is 12.1 Å². The van der Waals surface area contributed by atoms with Gasteiger partial charge in [-0.15, -0.1) is 0 Å². The molecule has 3 aromatic carbocycles. The molecule has 0 saturated carbocycles. The molecule has 0 fully saturated rings. The Morgan fingerprint density at radius 1 is 0.952 bits per heavy atom. The van der Waals surface area contributed by atoms with Gasteiger partial charge in [-0.05, 0) is 46.3 Å². The third kappa shape index (κ3) is 2.61. The minimum atomic E-state index is -0.307. The SMILES string of the molecule is N#Cc1ccc(Nc2cc(F)ccc2Br)c2ccccc12. The number of fused-ring (bicyclic) bond motifs is 1. The van der Waals surface area contributed by atoms with Crippen LogP contribution in [-0.4, -0.2) is 0 Å². The van der Waals surface area contributed by atoms with E-state index in [0.717, 1.165) is 20.9 Å². The number of hydrogen-bond donors (Lipinski definition) is 1. The molecule has 0 bridgehead atoms. The summed E-state index contributed by atoms with van der Waals surface area (Å²) >= 11 is 3.40. The molecule has 2 nitrogen and oxygen atoms in total. The molecule has 0 aliphatic rings. The number of benzene rings is 3. The van der Waals surface area contributed by atoms with Gasteiger partial charge in [0.2, 0.25) is 0 Å². The quantitative estimate of drug-likeness (QED) is 0.681. The lowest BCUT2D eigenvalue weighted by molar-refractivity contribution is 0.628. The smallest absolute Gasteiger partial charge is 0.125 e. The van der Waals surface area contributed by atoms with Crippen LogP contribution in [0.3, 0.4) is 0 Å². The lowest BCUT2D eigenvalue weighted by atomic mass is 10.0. The fourth-order valence-corrected chi connectivity index (χ4v) is 2.59. The van der Waals surface area contributed by atoms with Crippen molar-refractivity contribution < 1.29 is 4.39 Å². The molecule has 0 unspecified atom stereocenters. The third-order valence-electron chi connectivity index (χ3n) is 3.24. The molecule has 0 radical (unpaired) electrons. The summed E-state index contributed by atoms with van der Waals surface area (Å²) in [5.41, 5.74) is 2.09. The molecule has 0 heterocycles. The van der Waals surface area contributed by atoms with Gasteiger partial charge in [0.15, 0.2) is 0 Å². The molecule has 102 valence electrons. The molecule has 3 aromatic rings. The van der Waals surface area contributed by atoms with Gasteiger partial charge in [-0.25, -0.2) is 4.39 Å². The zero-order valence-corrected chi connectivity index (χ0v) is 12.5. The van der Waals surface area contributed by atoms with E-state index in [9.17, 15) is 4.39 Å². The second kappa shape index (κ2) is 5.55. The first kappa shape index (κ1) is 13.6. The maximum absolute atomic E-state index is 13.4. The number of nitrogens with one attached hydrogen (secondary N) is 1. The van der Waals surface area contributed by atoms with Crippen LogP contribution < -0.4 is 5.32 Å². The number of rotatable bonds is 2. The first-order chi connectivity index (χ1) is 10.2. The van der Waals surface area contributed by atoms with Crippen LogP contribution in [0.25, 0.3) is 10.8 Å². The van der Waals surface area contributed by atoms with Gasteiger partial charge in [0.05, 0.1) is 17.3 Å². The Hall–Kier alpha value is -2.38. The Kier molecular flexibility index (Phi) is 3.59. The van der Waals surface area contributed by atoms with Gasteiger partial charge in [0.25, 0.3) is 0 Å². The van der Waals surface area contributed by atoms with Crippen molar-refractivity contribution in [3.63, 3.8) is 0 Å². The first-order valence-corrected chi connectivity index (χ1v) is 7.12. The Balaban J connectivity index is 2.14. The number of nitriles is 1. The predicted molar refractivity (Wildman–Crippen MR) is 86.0 cm³/mol. The maximum Gasteiger partial charge on any atom is 0.125 e. The summed E-state index contributed by atoms with van der Waals surface area (Å²) in [5.74, 6) is -0.307. The summed E-state index contributed by atoms with van der Waals surface area (Å²) in [6.07, 6.45) is 0. The third-order valence-corrected chi connectivity index (χ3v) is 3.93. The Morgan fingerprint density at radius 3 is 2.48 bits per heavy atom. The number of anilines is 2. The van der Waals surface area contributed by atoms with Crippen LogP contribution in [0.1, 0.15) is 5.56 Å². The van der Waals surface area contributed by atoms with Crippen LogP contribution in [0.15, 0.2) is 59.1 Å². The fraction of sp³-hybridized carbons (Fsp3) is 0. The minimum Gasteiger partial charge on any atom is -0.354 e. The molecular formula is C17H10BrFN2. The van der Waals surface area contributed by atoms with Crippen molar-refractivity contribution in [1.29, 1.82) is 5.26 Å². The van der Waals surface area contributed by atoms with Gasteiger partial charge < -0.3 is 5.32 Å². The van der Waals surface area contributed by atoms with Crippen LogP contribution in [0, 0.1) is 17.1 Å². The highest BCUT2D eigenvalue weighted by Crippen LogP contribution is 2.32. The molecular weight excluding hydrogens is 331 g/mol. The second-order valence-corrected chi connectivity index (χ2v) is 5.42. The average Bonchev–Trinajstić information content (AvgIpc) is 2.51. The molecule has 0 amide bonds. The van der Waals surface area contributed by atoms with E-state index in [0.29, 0.717) is 11.3 Å². The van der Waals surface area contributed by atoms with E-state index < -0.39 is 0 Å². The van der Waals surface area contributed by atoms with E-state index in [4.69, 9.17) is 5.26 Å². The molecule has 0 aliphatic heterocycles. The van der Waals surface area contributed by atoms with Crippen LogP contribution in [0.2, 0.25) is 0 Å². The molecule has 0 atom stereocenters. The summed E-state index contributed by atoms with van der Waals surface area (Å²) in [7, 11) is 0. The summed E-state index contributed by atoms with van der Waals surface area (Å²) in [5, 5.41) is 14.2. The largest absolute Gasteiger partial charge is 0.354 e. The molecule has 0 aliphatic carbocycles. The average molecular weight is 341 g/mol. The van der Waals surface area contributed by atoms with Gasteiger partial charge in [-0.2, -0.15) is 5.26 Å². The van der Waals surface area contributed by atoms with Gasteiger partial charge >= 0.3 is 0 Å². The maximum atomic E-state index is 13.4. The van der Waals surface area contributed by atoms with Gasteiger partial charge in [-0.3, -0.25) is 0 Å². The second-order valence-electron chi connectivity index (χ2n) is 4.57. The summed E-state index contributed by atoms with van der Waals surface area (Å²) in [6.45, 7) is 0. The minimum absolute atomic E-state index is 0.307. The summed E-state index contributed by atoms with van der Waals surface area (Å²) < 4.78 is 14.2. The standard InChI is InChI=1S/C17H10BrFN2/c18-15-7-6-12(19)9-17(15)21-16-8-5-11(10-20)13-3-1-2-4-14(13)16/h1-9,21H. The number of nitrogens with zero attached hydrogens (tertiary/aromatic N) is 1. The van der Waals surface area contributed by atoms with Crippen LogP contribution in [-0.2, 0) is 0 Å². The molecule has 21 heavy (non-hydrogen) atoms. The highest BCUT2D eigenvalue weighted by molar-refractivity contribution is 9.10. The van der Waals surface area contributed by atoms with Crippen molar-refractivity contribution in [1.82, 2.24) is 0 Å². The van der Waals surface area contributed by atoms with Gasteiger partial charge in [0.1, 0.15) is 5.82 Å². The highest BCUT2D eigenvalue weighted by Gasteiger charge is 2.08. The van der Waals surface area contributed by atoms with Gasteiger partial charge in [-0.1, -0.05) is 24.3 Å². The van der Waals surface area contributed by atoms with Crippen LogP contribution >= 0.6 is 15.9 Å². The van der Waals surface area contributed by atoms with Crippen molar-refractivity contribution in [2.75, 3.05) is 5.32 Å². The Labute approximate surface area is 130 Å². The Bertz CT molecular complexity index is 868. The van der Waals surface area contributed by atoms with Crippen LogP contribution in [0.4, 0.5) is 15.8 Å². The first-order valence-electron chi connectivity index (χ1n) is 6.33. The summed E-state index contributed by atoms with van der Waals surface area (Å²) in [4.78, 5) is 0. The Morgan fingerprint density at radius 2 is 1.71 bits per heavy atom. The van der Waals surface area contributed by atoms with E-state index >= 15 is 0 Å². The number of hydrogen-bond acceptors (Lipinski definition) is 2. The molecule has 1 N–H and O–H groups in total. The molecule has 0 aromatic heterocycles. The van der Waals surface area contributed by atoms with E-state index in [1.54, 1.807) is 12.1 Å². The lowest BCUT2D eigenvalue weighted by Crippen LogP contribution is -1.94. The van der Waals surface area contributed by atoms with Gasteiger partial charge in [0, 0.05) is 20.9 Å². The monoisotopic (exact) mass is 340 g/mol. The predicted octanol–water partition coefficient (Wildman–Crippen LogP) is 5.36. The fourth-order valence-electron chi connectivity index (χ4n) is 2.24. The molecule has 0 saturated heterocycles. The van der Waals surface area contributed by atoms with Crippen molar-refractivity contribution in [2.24, 2.45) is 0 Å². The van der Waals surface area contributed by atoms with E-state index in [2.05, 4.69) is 27.3 Å². The lowest BCUT2D eigenvalue weighted by Gasteiger charge is -2.12. The van der Waals surface area contributed by atoms with Crippen molar-refractivity contribution in [3.8, 4) is 6.07 Å². The number of halogens is 2. The molecule has 3 rings (SSSR count). The van der Waals surface area contributed by atoms with E-state index in [-0.39, 0.29) is 5.82 Å². The highest BCUT2D eigenvalue weighted by atomic mass is 79.9. The molecule has 0 spiro atoms. The van der Waals surface area contributed by atoms with Crippen molar-refractivity contribution >= 4 is 38.1 Å².